The first-order valence-corrected chi connectivity index (χ1v) is 9.25. The van der Waals surface area contributed by atoms with Crippen LogP contribution in [-0.4, -0.2) is 46.9 Å². The van der Waals surface area contributed by atoms with E-state index in [1.165, 1.54) is 10.9 Å². The van der Waals surface area contributed by atoms with E-state index in [-0.39, 0.29) is 11.5 Å². The number of aromatic nitrogens is 1. The van der Waals surface area contributed by atoms with Crippen LogP contribution in [0.4, 0.5) is 0 Å². The number of thiophene rings is 1. The molecule has 0 bridgehead atoms. The molecule has 1 saturated heterocycles. The lowest BCUT2D eigenvalue weighted by molar-refractivity contribution is 0.0631. The van der Waals surface area contributed by atoms with Crippen LogP contribution in [-0.2, 0) is 6.54 Å². The predicted octanol–water partition coefficient (Wildman–Crippen LogP) is 2.55. The Morgan fingerprint density at radius 3 is 2.64 bits per heavy atom. The van der Waals surface area contributed by atoms with Crippen molar-refractivity contribution in [1.82, 2.24) is 14.8 Å². The van der Waals surface area contributed by atoms with Crippen molar-refractivity contribution >= 4 is 28.1 Å². The Morgan fingerprint density at radius 2 is 1.88 bits per heavy atom. The van der Waals surface area contributed by atoms with Gasteiger partial charge in [0.25, 0.3) is 5.91 Å². The van der Waals surface area contributed by atoms with Crippen LogP contribution in [0.1, 0.15) is 15.2 Å². The fourth-order valence-electron chi connectivity index (χ4n) is 3.28. The van der Waals surface area contributed by atoms with E-state index in [0.29, 0.717) is 24.2 Å². The van der Waals surface area contributed by atoms with Crippen molar-refractivity contribution in [3.8, 4) is 0 Å². The smallest absolute Gasteiger partial charge is 0.254 e. The molecule has 1 fully saturated rings. The number of pyridine rings is 1. The van der Waals surface area contributed by atoms with Gasteiger partial charge in [-0.25, -0.2) is 0 Å². The summed E-state index contributed by atoms with van der Waals surface area (Å²) in [7, 11) is 0. The molecule has 3 aromatic rings. The van der Waals surface area contributed by atoms with Crippen LogP contribution in [0.2, 0.25) is 0 Å². The number of carbonyl (C=O) groups is 1. The molecule has 5 nitrogen and oxygen atoms in total. The minimum atomic E-state index is -0.238. The van der Waals surface area contributed by atoms with E-state index in [2.05, 4.69) is 27.4 Å². The third kappa shape index (κ3) is 3.36. The monoisotopic (exact) mass is 353 g/mol. The normalized spacial score (nSPS) is 15.6. The molecule has 0 atom stereocenters. The summed E-state index contributed by atoms with van der Waals surface area (Å²) in [5.74, 6) is -0.0573. The summed E-state index contributed by atoms with van der Waals surface area (Å²) in [5, 5.41) is 2.89. The maximum absolute atomic E-state index is 12.9. The van der Waals surface area contributed by atoms with Crippen LogP contribution >= 0.6 is 11.3 Å². The Labute approximate surface area is 149 Å². The molecule has 0 saturated carbocycles. The molecule has 3 heterocycles. The molecule has 4 rings (SSSR count). The number of hydrogen-bond acceptors (Lipinski definition) is 4. The summed E-state index contributed by atoms with van der Waals surface area (Å²) >= 11 is 1.76. The number of H-pyrrole nitrogens is 1. The summed E-state index contributed by atoms with van der Waals surface area (Å²) in [4.78, 5) is 33.2. The van der Waals surface area contributed by atoms with Crippen molar-refractivity contribution in [3.05, 3.63) is 68.6 Å². The number of benzene rings is 1. The number of amides is 1. The van der Waals surface area contributed by atoms with Crippen molar-refractivity contribution in [1.29, 1.82) is 0 Å². The second-order valence-corrected chi connectivity index (χ2v) is 7.27. The molecule has 1 aromatic carbocycles. The van der Waals surface area contributed by atoms with Crippen LogP contribution in [0.15, 0.2) is 52.6 Å². The fourth-order valence-corrected chi connectivity index (χ4v) is 4.03. The number of fused-ring (bicyclic) bond motifs is 1. The zero-order chi connectivity index (χ0) is 17.2. The van der Waals surface area contributed by atoms with Gasteiger partial charge in [0.05, 0.1) is 5.56 Å². The number of piperazine rings is 1. The highest BCUT2D eigenvalue weighted by atomic mass is 32.1. The Bertz CT molecular complexity index is 941. The first-order valence-electron chi connectivity index (χ1n) is 8.37. The molecule has 1 amide bonds. The Balaban J connectivity index is 1.50. The van der Waals surface area contributed by atoms with E-state index in [9.17, 15) is 9.59 Å². The van der Waals surface area contributed by atoms with Gasteiger partial charge in [-0.2, -0.15) is 0 Å². The molecule has 0 aliphatic carbocycles. The van der Waals surface area contributed by atoms with E-state index >= 15 is 0 Å². The number of rotatable bonds is 3. The van der Waals surface area contributed by atoms with E-state index < -0.39 is 0 Å². The number of hydrogen-bond donors (Lipinski definition) is 1. The lowest BCUT2D eigenvalue weighted by Crippen LogP contribution is -2.48. The molecular weight excluding hydrogens is 334 g/mol. The minimum absolute atomic E-state index is 0.0573. The lowest BCUT2D eigenvalue weighted by Gasteiger charge is -2.34. The highest BCUT2D eigenvalue weighted by Gasteiger charge is 2.24. The minimum Gasteiger partial charge on any atom is -0.336 e. The van der Waals surface area contributed by atoms with Gasteiger partial charge < -0.3 is 9.88 Å². The summed E-state index contributed by atoms with van der Waals surface area (Å²) in [6.07, 6.45) is 0. The average Bonchev–Trinajstić information content (AvgIpc) is 3.14. The molecule has 1 aliphatic heterocycles. The van der Waals surface area contributed by atoms with E-state index in [1.807, 2.05) is 29.2 Å². The Hall–Kier alpha value is -2.44. The second-order valence-electron chi connectivity index (χ2n) is 6.24. The lowest BCUT2D eigenvalue weighted by atomic mass is 10.1. The zero-order valence-corrected chi connectivity index (χ0v) is 14.6. The van der Waals surface area contributed by atoms with E-state index in [4.69, 9.17) is 0 Å². The highest BCUT2D eigenvalue weighted by Crippen LogP contribution is 2.18. The molecule has 0 radical (unpaired) electrons. The summed E-state index contributed by atoms with van der Waals surface area (Å²) in [5.41, 5.74) is 0.958. The molecule has 25 heavy (non-hydrogen) atoms. The number of para-hydroxylation sites is 1. The van der Waals surface area contributed by atoms with E-state index in [1.54, 1.807) is 11.3 Å². The van der Waals surface area contributed by atoms with Crippen molar-refractivity contribution in [2.24, 2.45) is 0 Å². The maximum Gasteiger partial charge on any atom is 0.254 e. The Morgan fingerprint density at radius 1 is 1.08 bits per heavy atom. The molecule has 0 spiro atoms. The standard InChI is InChI=1S/C19H19N3O2S/c23-18-12-16(15-5-1-2-6-17(15)20-18)19(24)22-9-7-21(8-10-22)13-14-4-3-11-25-14/h1-6,11-12H,7-10,13H2,(H,20,23). The molecule has 1 aliphatic rings. The van der Waals surface area contributed by atoms with Gasteiger partial charge in [-0.05, 0) is 17.5 Å². The van der Waals surface area contributed by atoms with Gasteiger partial charge in [0.15, 0.2) is 0 Å². The van der Waals surface area contributed by atoms with Gasteiger partial charge in [0.2, 0.25) is 5.56 Å². The molecule has 1 N–H and O–H groups in total. The topological polar surface area (TPSA) is 56.4 Å². The first kappa shape index (κ1) is 16.1. The van der Waals surface area contributed by atoms with Gasteiger partial charge in [0, 0.05) is 54.6 Å². The average molecular weight is 353 g/mol. The van der Waals surface area contributed by atoms with Gasteiger partial charge in [-0.1, -0.05) is 24.3 Å². The predicted molar refractivity (Wildman–Crippen MR) is 100 cm³/mol. The van der Waals surface area contributed by atoms with Crippen molar-refractivity contribution < 1.29 is 4.79 Å². The van der Waals surface area contributed by atoms with Crippen LogP contribution in [0.5, 0.6) is 0 Å². The highest BCUT2D eigenvalue weighted by molar-refractivity contribution is 7.09. The van der Waals surface area contributed by atoms with Crippen LogP contribution < -0.4 is 5.56 Å². The number of carbonyl (C=O) groups excluding carboxylic acids is 1. The van der Waals surface area contributed by atoms with Crippen LogP contribution in [0, 0.1) is 0 Å². The SMILES string of the molecule is O=C(c1cc(=O)[nH]c2ccccc12)N1CCN(Cc2cccs2)CC1. The maximum atomic E-state index is 12.9. The van der Waals surface area contributed by atoms with Gasteiger partial charge in [-0.15, -0.1) is 11.3 Å². The second kappa shape index (κ2) is 6.82. The van der Waals surface area contributed by atoms with Crippen molar-refractivity contribution in [2.75, 3.05) is 26.2 Å². The molecule has 2 aromatic heterocycles. The number of aromatic amines is 1. The third-order valence-corrected chi connectivity index (χ3v) is 5.46. The zero-order valence-electron chi connectivity index (χ0n) is 13.8. The molecular formula is C19H19N3O2S. The Kier molecular flexibility index (Phi) is 4.38. The fraction of sp³-hybridized carbons (Fsp3) is 0.263. The summed E-state index contributed by atoms with van der Waals surface area (Å²) in [6.45, 7) is 4.01. The number of nitrogens with zero attached hydrogens (tertiary/aromatic N) is 2. The molecule has 0 unspecified atom stereocenters. The van der Waals surface area contributed by atoms with Gasteiger partial charge in [0.1, 0.15) is 0 Å². The van der Waals surface area contributed by atoms with Crippen molar-refractivity contribution in [2.45, 2.75) is 6.54 Å². The van der Waals surface area contributed by atoms with Gasteiger partial charge >= 0.3 is 0 Å². The summed E-state index contributed by atoms with van der Waals surface area (Å²) in [6, 6.07) is 13.1. The first-order chi connectivity index (χ1) is 12.2. The van der Waals surface area contributed by atoms with Crippen LogP contribution in [0.3, 0.4) is 0 Å². The van der Waals surface area contributed by atoms with E-state index in [0.717, 1.165) is 25.0 Å². The van der Waals surface area contributed by atoms with Gasteiger partial charge in [-0.3, -0.25) is 14.5 Å². The molecule has 128 valence electrons. The summed E-state index contributed by atoms with van der Waals surface area (Å²) < 4.78 is 0. The number of nitrogens with one attached hydrogen (secondary N) is 1. The quantitative estimate of drug-likeness (QED) is 0.787. The molecule has 6 heteroatoms. The largest absolute Gasteiger partial charge is 0.336 e. The third-order valence-electron chi connectivity index (χ3n) is 4.60. The van der Waals surface area contributed by atoms with Crippen LogP contribution in [0.25, 0.3) is 10.9 Å². The van der Waals surface area contributed by atoms with Crippen molar-refractivity contribution in [3.63, 3.8) is 0 Å².